The first-order valence-corrected chi connectivity index (χ1v) is 6.90. The lowest BCUT2D eigenvalue weighted by atomic mass is 10.3. The molecule has 0 aliphatic carbocycles. The predicted octanol–water partition coefficient (Wildman–Crippen LogP) is 1.67. The van der Waals surface area contributed by atoms with Crippen molar-refractivity contribution in [1.29, 1.82) is 0 Å². The van der Waals surface area contributed by atoms with E-state index in [-0.39, 0.29) is 17.1 Å². The number of aromatic nitrogens is 2. The Morgan fingerprint density at radius 3 is 2.52 bits per heavy atom. The van der Waals surface area contributed by atoms with E-state index in [9.17, 15) is 4.79 Å². The van der Waals surface area contributed by atoms with Crippen molar-refractivity contribution < 1.29 is 4.79 Å². The monoisotopic (exact) mass is 303 g/mol. The van der Waals surface area contributed by atoms with Gasteiger partial charge in [0.25, 0.3) is 5.91 Å². The van der Waals surface area contributed by atoms with Gasteiger partial charge in [0.2, 0.25) is 0 Å². The summed E-state index contributed by atoms with van der Waals surface area (Å²) in [5.74, 6) is -0.185. The summed E-state index contributed by atoms with van der Waals surface area (Å²) in [6, 6.07) is 9.15. The Balaban J connectivity index is 2.14. The normalized spacial score (nSPS) is 10.4. The van der Waals surface area contributed by atoms with Crippen LogP contribution in [0.4, 0.5) is 5.69 Å². The van der Waals surface area contributed by atoms with Crippen molar-refractivity contribution in [3.05, 3.63) is 42.2 Å². The third kappa shape index (κ3) is 4.03. The van der Waals surface area contributed by atoms with Gasteiger partial charge in [0.1, 0.15) is 0 Å². The molecule has 0 aliphatic heterocycles. The minimum atomic E-state index is -0.185. The van der Waals surface area contributed by atoms with Gasteiger partial charge in [-0.1, -0.05) is 0 Å². The van der Waals surface area contributed by atoms with Crippen LogP contribution >= 0.6 is 12.2 Å². The predicted molar refractivity (Wildman–Crippen MR) is 86.6 cm³/mol. The molecule has 0 saturated carbocycles. The van der Waals surface area contributed by atoms with Gasteiger partial charge in [-0.05, 0) is 56.4 Å². The Morgan fingerprint density at radius 1 is 1.29 bits per heavy atom. The average Bonchev–Trinajstić information content (AvgIpc) is 2.87. The van der Waals surface area contributed by atoms with Crippen LogP contribution in [-0.2, 0) is 0 Å². The molecule has 0 spiro atoms. The average molecular weight is 303 g/mol. The van der Waals surface area contributed by atoms with Crippen LogP contribution in [0.1, 0.15) is 24.3 Å². The lowest BCUT2D eigenvalue weighted by Gasteiger charge is -2.06. The molecule has 0 aliphatic rings. The quantitative estimate of drug-likeness (QED) is 0.748. The molecule has 0 bridgehead atoms. The topological polar surface area (TPSA) is 85.0 Å². The number of nitrogens with zero attached hydrogens (tertiary/aromatic N) is 2. The first-order chi connectivity index (χ1) is 9.95. The Labute approximate surface area is 128 Å². The van der Waals surface area contributed by atoms with E-state index in [0.717, 1.165) is 11.4 Å². The molecule has 0 fully saturated rings. The van der Waals surface area contributed by atoms with Gasteiger partial charge < -0.3 is 16.4 Å². The largest absolute Gasteiger partial charge is 0.376 e. The van der Waals surface area contributed by atoms with Crippen LogP contribution in [0.25, 0.3) is 5.69 Å². The molecule has 0 atom stereocenters. The van der Waals surface area contributed by atoms with Crippen LogP contribution in [-0.4, -0.2) is 26.8 Å². The van der Waals surface area contributed by atoms with E-state index >= 15 is 0 Å². The second-order valence-corrected chi connectivity index (χ2v) is 5.25. The molecule has 7 heteroatoms. The fourth-order valence-electron chi connectivity index (χ4n) is 1.76. The van der Waals surface area contributed by atoms with Gasteiger partial charge in [-0.3, -0.25) is 4.79 Å². The van der Waals surface area contributed by atoms with Crippen molar-refractivity contribution in [3.63, 3.8) is 0 Å². The SMILES string of the molecule is CC(C)NC(=O)c1ccn(-c2ccc(NC(N)=S)cc2)n1. The van der Waals surface area contributed by atoms with E-state index in [2.05, 4.69) is 15.7 Å². The standard InChI is InChI=1S/C14H17N5OS/c1-9(2)16-13(20)12-7-8-19(18-12)11-5-3-10(4-6-11)17-14(15)21/h3-9H,1-2H3,(H,16,20)(H3,15,17,21). The lowest BCUT2D eigenvalue weighted by Crippen LogP contribution is -2.30. The van der Waals surface area contributed by atoms with Crippen LogP contribution in [0.15, 0.2) is 36.5 Å². The number of nitrogens with one attached hydrogen (secondary N) is 2. The third-order valence-corrected chi connectivity index (χ3v) is 2.74. The second kappa shape index (κ2) is 6.36. The van der Waals surface area contributed by atoms with E-state index in [4.69, 9.17) is 18.0 Å². The van der Waals surface area contributed by atoms with Crippen LogP contribution in [0.3, 0.4) is 0 Å². The first-order valence-electron chi connectivity index (χ1n) is 6.49. The van der Waals surface area contributed by atoms with Crippen LogP contribution in [0.5, 0.6) is 0 Å². The zero-order valence-corrected chi connectivity index (χ0v) is 12.6. The van der Waals surface area contributed by atoms with Crippen LogP contribution < -0.4 is 16.4 Å². The van der Waals surface area contributed by atoms with E-state index in [1.165, 1.54) is 0 Å². The van der Waals surface area contributed by atoms with E-state index in [1.807, 2.05) is 38.1 Å². The molecule has 110 valence electrons. The van der Waals surface area contributed by atoms with Crippen molar-refractivity contribution in [2.45, 2.75) is 19.9 Å². The highest BCUT2D eigenvalue weighted by molar-refractivity contribution is 7.80. The number of carbonyl (C=O) groups excluding carboxylic acids is 1. The highest BCUT2D eigenvalue weighted by Crippen LogP contribution is 2.13. The number of amides is 1. The summed E-state index contributed by atoms with van der Waals surface area (Å²) in [6.07, 6.45) is 1.74. The second-order valence-electron chi connectivity index (χ2n) is 4.81. The van der Waals surface area contributed by atoms with E-state index in [1.54, 1.807) is 16.9 Å². The summed E-state index contributed by atoms with van der Waals surface area (Å²) in [5.41, 5.74) is 7.43. The van der Waals surface area contributed by atoms with Crippen LogP contribution in [0.2, 0.25) is 0 Å². The third-order valence-electron chi connectivity index (χ3n) is 2.64. The highest BCUT2D eigenvalue weighted by Gasteiger charge is 2.10. The van der Waals surface area contributed by atoms with Crippen molar-refractivity contribution in [2.24, 2.45) is 5.73 Å². The Bertz CT molecular complexity index is 648. The number of nitrogens with two attached hydrogens (primary N) is 1. The molecule has 1 aromatic carbocycles. The lowest BCUT2D eigenvalue weighted by molar-refractivity contribution is 0.0937. The molecule has 1 aromatic heterocycles. The summed E-state index contributed by atoms with van der Waals surface area (Å²) in [4.78, 5) is 11.8. The molecule has 0 unspecified atom stereocenters. The van der Waals surface area contributed by atoms with Crippen molar-refractivity contribution in [1.82, 2.24) is 15.1 Å². The first kappa shape index (κ1) is 15.0. The summed E-state index contributed by atoms with van der Waals surface area (Å²) in [6.45, 7) is 3.81. The number of benzene rings is 1. The fraction of sp³-hybridized carbons (Fsp3) is 0.214. The minimum absolute atomic E-state index is 0.0770. The molecule has 1 amide bonds. The maximum atomic E-state index is 11.8. The summed E-state index contributed by atoms with van der Waals surface area (Å²) in [7, 11) is 0. The molecule has 4 N–H and O–H groups in total. The van der Waals surface area contributed by atoms with E-state index in [0.29, 0.717) is 5.69 Å². The number of hydrogen-bond acceptors (Lipinski definition) is 3. The molecular formula is C14H17N5OS. The Morgan fingerprint density at radius 2 is 1.95 bits per heavy atom. The van der Waals surface area contributed by atoms with Crippen molar-refractivity contribution >= 4 is 28.9 Å². The number of hydrogen-bond donors (Lipinski definition) is 3. The number of thiocarbonyl (C=S) groups is 1. The highest BCUT2D eigenvalue weighted by atomic mass is 32.1. The van der Waals surface area contributed by atoms with Gasteiger partial charge in [-0.15, -0.1) is 0 Å². The van der Waals surface area contributed by atoms with Crippen LogP contribution in [0, 0.1) is 0 Å². The fourth-order valence-corrected chi connectivity index (χ4v) is 1.88. The van der Waals surface area contributed by atoms with Gasteiger partial charge in [-0.25, -0.2) is 4.68 Å². The maximum Gasteiger partial charge on any atom is 0.271 e. The molecule has 1 heterocycles. The molecule has 21 heavy (non-hydrogen) atoms. The number of rotatable bonds is 4. The van der Waals surface area contributed by atoms with Gasteiger partial charge in [-0.2, -0.15) is 5.10 Å². The molecule has 0 saturated heterocycles. The summed E-state index contributed by atoms with van der Waals surface area (Å²) in [5, 5.41) is 10.1. The summed E-state index contributed by atoms with van der Waals surface area (Å²) >= 11 is 4.77. The molecule has 2 rings (SSSR count). The Hall–Kier alpha value is -2.41. The summed E-state index contributed by atoms with van der Waals surface area (Å²) < 4.78 is 1.64. The number of anilines is 1. The molecule has 6 nitrogen and oxygen atoms in total. The van der Waals surface area contributed by atoms with Gasteiger partial charge in [0, 0.05) is 17.9 Å². The smallest absolute Gasteiger partial charge is 0.271 e. The maximum absolute atomic E-state index is 11.8. The molecular weight excluding hydrogens is 286 g/mol. The minimum Gasteiger partial charge on any atom is -0.376 e. The van der Waals surface area contributed by atoms with Crippen molar-refractivity contribution in [2.75, 3.05) is 5.32 Å². The van der Waals surface area contributed by atoms with Gasteiger partial charge in [0.15, 0.2) is 10.8 Å². The Kier molecular flexibility index (Phi) is 4.54. The zero-order valence-electron chi connectivity index (χ0n) is 11.8. The van der Waals surface area contributed by atoms with Gasteiger partial charge in [0.05, 0.1) is 5.69 Å². The molecule has 0 radical (unpaired) electrons. The van der Waals surface area contributed by atoms with Crippen molar-refractivity contribution in [3.8, 4) is 5.69 Å². The zero-order chi connectivity index (χ0) is 15.4. The van der Waals surface area contributed by atoms with E-state index < -0.39 is 0 Å². The van der Waals surface area contributed by atoms with Gasteiger partial charge >= 0.3 is 0 Å². The number of carbonyl (C=O) groups is 1. The molecule has 2 aromatic rings.